The number of nitrogens with two attached hydrogens (primary N) is 2. The van der Waals surface area contributed by atoms with E-state index in [1.807, 2.05) is 12.2 Å². The van der Waals surface area contributed by atoms with Gasteiger partial charge in [-0.15, -0.1) is 12.4 Å². The molecule has 0 amide bonds. The normalized spacial score (nSPS) is 21.8. The first-order chi connectivity index (χ1) is 36.8. The molecule has 6 aromatic rings. The van der Waals surface area contributed by atoms with Crippen LogP contribution < -0.4 is 31.6 Å². The van der Waals surface area contributed by atoms with Crippen molar-refractivity contribution >= 4 is 70.6 Å². The van der Waals surface area contributed by atoms with Crippen LogP contribution in [0.25, 0.3) is 22.5 Å². The van der Waals surface area contributed by atoms with Crippen molar-refractivity contribution in [2.24, 2.45) is 10.8 Å². The molecule has 4 unspecified atom stereocenters. The summed E-state index contributed by atoms with van der Waals surface area (Å²) in [5.74, 6) is -2.86. The van der Waals surface area contributed by atoms with Crippen molar-refractivity contribution in [2.45, 2.75) is 102 Å². The number of carboxylic acid groups (broad SMARTS) is 2. The SMILES string of the molecule is Cc1ccn(-c2cc(Cl)ccc2[C@@H](Oc2cc(C3=CCC4(CC3)CNC(C(=O)O)C4)nc(N)n2)C(F)(F)F)n1.Cc1ccn(-c2cc(Cl)ccc2[C@@H](Oc2cc(C3=CCC4(CC3)CNC(C(=O)O)C4)nc(N)n2)C(F)(F)F)n1.Cl. The lowest BCUT2D eigenvalue weighted by Crippen LogP contribution is -2.30. The molecule has 6 atom stereocenters. The third kappa shape index (κ3) is 13.4. The summed E-state index contributed by atoms with van der Waals surface area (Å²) in [6.07, 6.45) is -2.64. The summed E-state index contributed by atoms with van der Waals surface area (Å²) >= 11 is 12.2. The third-order valence-corrected chi connectivity index (χ3v) is 14.9. The highest BCUT2D eigenvalue weighted by Crippen LogP contribution is 2.47. The van der Waals surface area contributed by atoms with E-state index in [0.29, 0.717) is 87.2 Å². The van der Waals surface area contributed by atoms with Crippen molar-refractivity contribution in [1.82, 2.24) is 50.1 Å². The summed E-state index contributed by atoms with van der Waals surface area (Å²) in [6.45, 7) is 4.61. The Kier molecular flexibility index (Phi) is 16.9. The summed E-state index contributed by atoms with van der Waals surface area (Å²) in [5, 5.41) is 33.7. The van der Waals surface area contributed by atoms with E-state index in [0.717, 1.165) is 11.1 Å². The molecule has 2 spiro atoms. The monoisotopic (exact) mass is 1160 g/mol. The summed E-state index contributed by atoms with van der Waals surface area (Å²) in [7, 11) is 0. The fourth-order valence-corrected chi connectivity index (χ4v) is 10.7. The Morgan fingerprint density at radius 3 is 1.35 bits per heavy atom. The Hall–Kier alpha value is -6.99. The van der Waals surface area contributed by atoms with Crippen molar-refractivity contribution in [3.8, 4) is 23.1 Å². The highest BCUT2D eigenvalue weighted by Gasteiger charge is 2.48. The smallest absolute Gasteiger partial charge is 0.429 e. The van der Waals surface area contributed by atoms with Crippen LogP contribution >= 0.6 is 35.6 Å². The number of aryl methyl sites for hydroxylation is 2. The molecule has 420 valence electrons. The molecule has 79 heavy (non-hydrogen) atoms. The second-order valence-electron chi connectivity index (χ2n) is 20.0. The molecule has 2 aliphatic heterocycles. The Balaban J connectivity index is 0.000000205. The van der Waals surface area contributed by atoms with Crippen molar-refractivity contribution in [1.29, 1.82) is 0 Å². The van der Waals surface area contributed by atoms with Crippen molar-refractivity contribution in [3.05, 3.63) is 129 Å². The zero-order valence-corrected chi connectivity index (χ0v) is 44.5. The van der Waals surface area contributed by atoms with E-state index in [1.165, 1.54) is 57.9 Å². The second kappa shape index (κ2) is 23.0. The molecule has 2 aliphatic carbocycles. The number of hydrogen-bond acceptors (Lipinski definition) is 14. The molecule has 0 radical (unpaired) electrons. The fourth-order valence-electron chi connectivity index (χ4n) is 10.4. The third-order valence-electron chi connectivity index (χ3n) is 14.4. The van der Waals surface area contributed by atoms with Crippen LogP contribution in [0, 0.1) is 24.7 Å². The average molecular weight is 1160 g/mol. The van der Waals surface area contributed by atoms with E-state index in [1.54, 1.807) is 38.4 Å². The van der Waals surface area contributed by atoms with E-state index in [-0.39, 0.29) is 79.4 Å². The minimum Gasteiger partial charge on any atom is -0.480 e. The zero-order valence-electron chi connectivity index (χ0n) is 42.2. The van der Waals surface area contributed by atoms with E-state index >= 15 is 0 Å². The summed E-state index contributed by atoms with van der Waals surface area (Å²) < 4.78 is 99.9. The number of rotatable bonds is 12. The number of benzene rings is 2. The highest BCUT2D eigenvalue weighted by molar-refractivity contribution is 6.31. The van der Waals surface area contributed by atoms with Crippen LogP contribution in [0.2, 0.25) is 10.0 Å². The van der Waals surface area contributed by atoms with Gasteiger partial charge in [0.2, 0.25) is 35.9 Å². The molecule has 0 bridgehead atoms. The predicted molar refractivity (Wildman–Crippen MR) is 282 cm³/mol. The van der Waals surface area contributed by atoms with E-state index in [2.05, 4.69) is 40.8 Å². The van der Waals surface area contributed by atoms with Gasteiger partial charge in [0.05, 0.1) is 34.2 Å². The maximum atomic E-state index is 14.4. The number of carbonyl (C=O) groups is 2. The number of nitrogens with one attached hydrogen (secondary N) is 2. The van der Waals surface area contributed by atoms with Crippen LogP contribution in [0.4, 0.5) is 38.2 Å². The summed E-state index contributed by atoms with van der Waals surface area (Å²) in [4.78, 5) is 39.0. The number of aliphatic carboxylic acids is 2. The van der Waals surface area contributed by atoms with Gasteiger partial charge in [-0.2, -0.15) is 46.5 Å². The lowest BCUT2D eigenvalue weighted by atomic mass is 9.73. The number of carboxylic acids is 2. The molecule has 4 aliphatic rings. The van der Waals surface area contributed by atoms with Crippen molar-refractivity contribution < 1.29 is 55.6 Å². The summed E-state index contributed by atoms with van der Waals surface area (Å²) in [6, 6.07) is 12.8. The quantitative estimate of drug-likeness (QED) is 0.0623. The Morgan fingerprint density at radius 2 is 1.05 bits per heavy atom. The number of aromatic nitrogens is 8. The minimum atomic E-state index is -4.81. The molecule has 4 aromatic heterocycles. The molecule has 6 heterocycles. The molecule has 18 nitrogen and oxygen atoms in total. The molecular formula is C52H53Cl3F6N12O6. The van der Waals surface area contributed by atoms with Gasteiger partial charge in [-0.05, 0) is 124 Å². The number of nitrogen functional groups attached to an aromatic ring is 2. The first-order valence-electron chi connectivity index (χ1n) is 24.6. The van der Waals surface area contributed by atoms with Gasteiger partial charge in [0, 0.05) is 58.8 Å². The van der Waals surface area contributed by atoms with Crippen LogP contribution in [0.1, 0.15) is 97.5 Å². The molecule has 10 rings (SSSR count). The van der Waals surface area contributed by atoms with Crippen molar-refractivity contribution in [2.75, 3.05) is 24.6 Å². The zero-order chi connectivity index (χ0) is 55.9. The van der Waals surface area contributed by atoms with Gasteiger partial charge in [-0.1, -0.05) is 47.5 Å². The van der Waals surface area contributed by atoms with Gasteiger partial charge in [-0.3, -0.25) is 9.59 Å². The highest BCUT2D eigenvalue weighted by atomic mass is 35.5. The summed E-state index contributed by atoms with van der Waals surface area (Å²) in [5.41, 5.74) is 14.8. The minimum absolute atomic E-state index is 0. The standard InChI is InChI=1S/2C26H26ClF3N6O3.ClH/c2*1-14-6-9-36(35-14)20-10-16(27)2-3-17(20)22(26(28,29)30)39-21-11-18(33-24(31)34-21)15-4-7-25(8-5-15)12-19(23(37)38)32-13-25;/h2*2-4,6,9-11,19,22,32H,5,7-8,12-13H2,1H3,(H,37,38)(H2,31,33,34);1H/t2*19?,22-,25?;/m11./s1. The van der Waals surface area contributed by atoms with Gasteiger partial charge in [0.25, 0.3) is 0 Å². The van der Waals surface area contributed by atoms with E-state index in [4.69, 9.17) is 44.1 Å². The number of hydrogen-bond donors (Lipinski definition) is 6. The first kappa shape index (κ1) is 58.2. The number of ether oxygens (including phenoxy) is 2. The Labute approximate surface area is 464 Å². The van der Waals surface area contributed by atoms with Gasteiger partial charge in [-0.25, -0.2) is 19.3 Å². The Morgan fingerprint density at radius 1 is 0.658 bits per heavy atom. The van der Waals surface area contributed by atoms with Gasteiger partial charge >= 0.3 is 24.3 Å². The molecule has 2 aromatic carbocycles. The van der Waals surface area contributed by atoms with Gasteiger partial charge in [0.1, 0.15) is 12.1 Å². The van der Waals surface area contributed by atoms with E-state index in [9.17, 15) is 46.1 Å². The van der Waals surface area contributed by atoms with Crippen LogP contribution in [0.3, 0.4) is 0 Å². The average Bonchev–Trinajstić information content (AvgIpc) is 4.22. The number of allylic oxidation sites excluding steroid dienone is 4. The largest absolute Gasteiger partial charge is 0.480 e. The lowest BCUT2D eigenvalue weighted by molar-refractivity contribution is -0.199. The number of anilines is 2. The molecule has 8 N–H and O–H groups in total. The first-order valence-corrected chi connectivity index (χ1v) is 25.3. The maximum absolute atomic E-state index is 14.4. The number of alkyl halides is 6. The van der Waals surface area contributed by atoms with Crippen molar-refractivity contribution in [3.63, 3.8) is 0 Å². The molecule has 2 fully saturated rings. The number of nitrogens with zero attached hydrogens (tertiary/aromatic N) is 8. The Bertz CT molecular complexity index is 3110. The molecular weight excluding hydrogens is 1110 g/mol. The lowest BCUT2D eigenvalue weighted by Gasteiger charge is -2.31. The van der Waals surface area contributed by atoms with Crippen LogP contribution in [0.5, 0.6) is 11.8 Å². The van der Waals surface area contributed by atoms with Crippen LogP contribution in [0.15, 0.2) is 85.2 Å². The molecule has 0 saturated carbocycles. The van der Waals surface area contributed by atoms with E-state index < -0.39 is 48.6 Å². The maximum Gasteiger partial charge on any atom is 0.429 e. The van der Waals surface area contributed by atoms with Crippen LogP contribution in [-0.2, 0) is 9.59 Å². The van der Waals surface area contributed by atoms with Gasteiger partial charge in [0.15, 0.2) is 0 Å². The van der Waals surface area contributed by atoms with Crippen LogP contribution in [-0.4, -0.2) is 99.2 Å². The fraction of sp³-hybridized carbons (Fsp3) is 0.385. The molecule has 27 heteroatoms. The number of halogens is 9. The predicted octanol–water partition coefficient (Wildman–Crippen LogP) is 10.2. The second-order valence-corrected chi connectivity index (χ2v) is 20.9. The molecule has 2 saturated heterocycles. The van der Waals surface area contributed by atoms with Gasteiger partial charge < -0.3 is 41.8 Å². The topological polar surface area (TPSA) is 256 Å².